The van der Waals surface area contributed by atoms with Gasteiger partial charge < -0.3 is 15.3 Å². The number of carboxylic acids is 1. The van der Waals surface area contributed by atoms with E-state index in [1.54, 1.807) is 6.92 Å². The van der Waals surface area contributed by atoms with E-state index in [4.69, 9.17) is 5.11 Å². The zero-order valence-corrected chi connectivity index (χ0v) is 7.45. The minimum Gasteiger partial charge on any atom is -0.481 e. The molecule has 0 aromatic heterocycles. The van der Waals surface area contributed by atoms with Gasteiger partial charge in [-0.25, -0.2) is 4.79 Å². The number of nitrogens with two attached hydrogens (primary N) is 1. The molecule has 0 heterocycles. The first-order valence-corrected chi connectivity index (χ1v) is 3.97. The molecule has 0 rings (SSSR count). The lowest BCUT2D eigenvalue weighted by molar-refractivity contribution is -0.147. The Morgan fingerprint density at radius 1 is 1.62 bits per heavy atom. The van der Waals surface area contributed by atoms with Crippen molar-refractivity contribution in [3.8, 4) is 0 Å². The summed E-state index contributed by atoms with van der Waals surface area (Å²) in [6.45, 7) is 2.36. The highest BCUT2D eigenvalue weighted by atomic mass is 16.7. The fourth-order valence-corrected chi connectivity index (χ4v) is 0.900. The second-order valence-electron chi connectivity index (χ2n) is 2.48. The van der Waals surface area contributed by atoms with Gasteiger partial charge in [0.05, 0.1) is 0 Å². The number of carbonyl (C=O) groups excluding carboxylic acids is 1. The molecule has 0 aromatic rings. The van der Waals surface area contributed by atoms with E-state index in [-0.39, 0.29) is 12.8 Å². The summed E-state index contributed by atoms with van der Waals surface area (Å²) >= 11 is 0. The van der Waals surface area contributed by atoms with Crippen LogP contribution in [-0.2, 0) is 14.4 Å². The number of nitrogens with one attached hydrogen (secondary N) is 1. The first-order chi connectivity index (χ1) is 6.11. The van der Waals surface area contributed by atoms with Crippen LogP contribution < -0.4 is 11.2 Å². The number of carbonyl (C=O) groups is 2. The number of hydrogen-bond acceptors (Lipinski definition) is 5. The summed E-state index contributed by atoms with van der Waals surface area (Å²) < 4.78 is 0. The van der Waals surface area contributed by atoms with Crippen molar-refractivity contribution in [2.24, 2.45) is 5.90 Å². The van der Waals surface area contributed by atoms with Gasteiger partial charge in [-0.1, -0.05) is 6.92 Å². The fourth-order valence-electron chi connectivity index (χ4n) is 0.900. The minimum absolute atomic E-state index is 0.0905. The molecule has 0 spiro atoms. The van der Waals surface area contributed by atoms with Crippen LogP contribution in [0.3, 0.4) is 0 Å². The number of carboxylic acid groups (broad SMARTS) is 1. The van der Waals surface area contributed by atoms with E-state index in [2.05, 4.69) is 16.1 Å². The lowest BCUT2D eigenvalue weighted by Gasteiger charge is -2.12. The summed E-state index contributed by atoms with van der Waals surface area (Å²) in [6, 6.07) is -0.633. The third-order valence-corrected chi connectivity index (χ3v) is 1.50. The molecule has 0 bridgehead atoms. The number of hydrogen-bond donors (Lipinski definition) is 3. The molecule has 76 valence electrons. The van der Waals surface area contributed by atoms with Crippen LogP contribution in [0.5, 0.6) is 0 Å². The van der Waals surface area contributed by atoms with Crippen molar-refractivity contribution in [3.05, 3.63) is 0 Å². The van der Waals surface area contributed by atoms with Crippen molar-refractivity contribution in [1.82, 2.24) is 5.32 Å². The SMILES string of the molecule is CCNC(CCC(=O)O)C(=O)ON. The monoisotopic (exact) mass is 190 g/mol. The minimum atomic E-state index is -0.951. The zero-order chi connectivity index (χ0) is 10.3. The van der Waals surface area contributed by atoms with Crippen molar-refractivity contribution in [3.63, 3.8) is 0 Å². The van der Waals surface area contributed by atoms with Crippen LogP contribution in [0.2, 0.25) is 0 Å². The standard InChI is InChI=1S/C7H14N2O4/c1-2-9-5(7(12)13-8)3-4-6(10)11/h5,9H,2-4,8H2,1H3,(H,10,11). The maximum absolute atomic E-state index is 10.9. The zero-order valence-electron chi connectivity index (χ0n) is 7.45. The summed E-state index contributed by atoms with van der Waals surface area (Å²) in [4.78, 5) is 25.1. The Morgan fingerprint density at radius 2 is 2.23 bits per heavy atom. The molecule has 0 fully saturated rings. The van der Waals surface area contributed by atoms with E-state index in [9.17, 15) is 9.59 Å². The second kappa shape index (κ2) is 6.38. The molecule has 0 radical (unpaired) electrons. The van der Waals surface area contributed by atoms with E-state index >= 15 is 0 Å². The fraction of sp³-hybridized carbons (Fsp3) is 0.714. The van der Waals surface area contributed by atoms with Crippen LogP contribution >= 0.6 is 0 Å². The predicted octanol–water partition coefficient (Wildman–Crippen LogP) is -0.754. The Labute approximate surface area is 76.0 Å². The number of aliphatic carboxylic acids is 1. The highest BCUT2D eigenvalue weighted by Crippen LogP contribution is 1.98. The first-order valence-electron chi connectivity index (χ1n) is 3.97. The van der Waals surface area contributed by atoms with Gasteiger partial charge in [0.1, 0.15) is 6.04 Å². The molecule has 0 saturated carbocycles. The van der Waals surface area contributed by atoms with Crippen molar-refractivity contribution in [2.45, 2.75) is 25.8 Å². The molecule has 0 saturated heterocycles. The van der Waals surface area contributed by atoms with Crippen molar-refractivity contribution in [2.75, 3.05) is 6.54 Å². The Kier molecular flexibility index (Phi) is 5.82. The van der Waals surface area contributed by atoms with Gasteiger partial charge in [0.15, 0.2) is 0 Å². The lowest BCUT2D eigenvalue weighted by atomic mass is 10.1. The van der Waals surface area contributed by atoms with Crippen LogP contribution in [0.1, 0.15) is 19.8 Å². The summed E-state index contributed by atoms with van der Waals surface area (Å²) in [7, 11) is 0. The number of rotatable bonds is 6. The van der Waals surface area contributed by atoms with Gasteiger partial charge in [-0.15, -0.1) is 0 Å². The van der Waals surface area contributed by atoms with Gasteiger partial charge in [0.25, 0.3) is 0 Å². The average molecular weight is 190 g/mol. The van der Waals surface area contributed by atoms with Gasteiger partial charge in [-0.05, 0) is 13.0 Å². The van der Waals surface area contributed by atoms with Gasteiger partial charge in [-0.2, -0.15) is 5.90 Å². The van der Waals surface area contributed by atoms with Crippen molar-refractivity contribution in [1.29, 1.82) is 0 Å². The molecule has 0 aromatic carbocycles. The quantitative estimate of drug-likeness (QED) is 0.476. The molecule has 1 atom stereocenters. The Balaban J connectivity index is 3.93. The Morgan fingerprint density at radius 3 is 2.62 bits per heavy atom. The maximum Gasteiger partial charge on any atom is 0.341 e. The second-order valence-corrected chi connectivity index (χ2v) is 2.48. The molecule has 0 aliphatic carbocycles. The van der Waals surface area contributed by atoms with Gasteiger partial charge in [-0.3, -0.25) is 4.79 Å². The first kappa shape index (κ1) is 11.9. The molecule has 4 N–H and O–H groups in total. The van der Waals surface area contributed by atoms with Gasteiger partial charge in [0, 0.05) is 6.42 Å². The van der Waals surface area contributed by atoms with Crippen LogP contribution in [0.15, 0.2) is 0 Å². The summed E-state index contributed by atoms with van der Waals surface area (Å²) in [5.41, 5.74) is 0. The summed E-state index contributed by atoms with van der Waals surface area (Å²) in [5.74, 6) is 3.09. The molecular weight excluding hydrogens is 176 g/mol. The molecule has 1 unspecified atom stereocenters. The third kappa shape index (κ3) is 5.15. The van der Waals surface area contributed by atoms with Gasteiger partial charge >= 0.3 is 11.9 Å². The molecule has 0 aliphatic rings. The van der Waals surface area contributed by atoms with E-state index in [0.717, 1.165) is 0 Å². The largest absolute Gasteiger partial charge is 0.481 e. The molecule has 0 amide bonds. The van der Waals surface area contributed by atoms with E-state index in [1.165, 1.54) is 0 Å². The normalized spacial score (nSPS) is 12.2. The molecule has 6 heteroatoms. The smallest absolute Gasteiger partial charge is 0.341 e. The Hall–Kier alpha value is -1.14. The van der Waals surface area contributed by atoms with Crippen molar-refractivity contribution < 1.29 is 19.5 Å². The van der Waals surface area contributed by atoms with Gasteiger partial charge in [0.2, 0.25) is 0 Å². The van der Waals surface area contributed by atoms with E-state index in [0.29, 0.717) is 6.54 Å². The van der Waals surface area contributed by atoms with Crippen LogP contribution in [0, 0.1) is 0 Å². The highest BCUT2D eigenvalue weighted by molar-refractivity contribution is 5.76. The van der Waals surface area contributed by atoms with E-state index in [1.807, 2.05) is 0 Å². The lowest BCUT2D eigenvalue weighted by Crippen LogP contribution is -2.39. The third-order valence-electron chi connectivity index (χ3n) is 1.50. The van der Waals surface area contributed by atoms with Crippen LogP contribution in [0.25, 0.3) is 0 Å². The summed E-state index contributed by atoms with van der Waals surface area (Å²) in [6.07, 6.45) is 0.0893. The van der Waals surface area contributed by atoms with Crippen LogP contribution in [-0.4, -0.2) is 29.6 Å². The highest BCUT2D eigenvalue weighted by Gasteiger charge is 2.18. The number of likely N-dealkylation sites (N-methyl/N-ethyl adjacent to an activating group) is 1. The summed E-state index contributed by atoms with van der Waals surface area (Å²) in [5, 5.41) is 11.1. The average Bonchev–Trinajstić information content (AvgIpc) is 2.10. The molecular formula is C7H14N2O4. The molecule has 13 heavy (non-hydrogen) atoms. The molecule has 0 aliphatic heterocycles. The topological polar surface area (TPSA) is 102 Å². The Bertz CT molecular complexity index is 183. The van der Waals surface area contributed by atoms with Crippen LogP contribution in [0.4, 0.5) is 0 Å². The predicted molar refractivity (Wildman–Crippen MR) is 44.6 cm³/mol. The van der Waals surface area contributed by atoms with E-state index < -0.39 is 18.0 Å². The molecule has 6 nitrogen and oxygen atoms in total. The van der Waals surface area contributed by atoms with Crippen molar-refractivity contribution >= 4 is 11.9 Å². The maximum atomic E-state index is 10.9.